The van der Waals surface area contributed by atoms with Crippen LogP contribution in [0.4, 0.5) is 0 Å². The third-order valence-electron chi connectivity index (χ3n) is 3.40. The number of carbonyl (C=O) groups excluding carboxylic acids is 1. The van der Waals surface area contributed by atoms with Crippen molar-refractivity contribution in [3.8, 4) is 0 Å². The molecular weight excluding hydrogens is 286 g/mol. The Morgan fingerprint density at radius 1 is 1.09 bits per heavy atom. The van der Waals surface area contributed by atoms with Crippen LogP contribution in [-0.2, 0) is 9.59 Å². The molecule has 0 aliphatic heterocycles. The van der Waals surface area contributed by atoms with Gasteiger partial charge in [0.15, 0.2) is 0 Å². The van der Waals surface area contributed by atoms with Gasteiger partial charge in [0.05, 0.1) is 19.1 Å². The van der Waals surface area contributed by atoms with Crippen molar-refractivity contribution in [2.24, 2.45) is 5.92 Å². The molecule has 0 saturated carbocycles. The monoisotopic (exact) mass is 315 g/mol. The van der Waals surface area contributed by atoms with Gasteiger partial charge < -0.3 is 20.2 Å². The molecule has 0 spiro atoms. The minimum Gasteiger partial charge on any atom is -0.481 e. The molecule has 1 amide bonds. The first kappa shape index (κ1) is 20.6. The molecule has 0 aromatic heterocycles. The molecule has 3 N–H and O–H groups in total. The molecule has 0 saturated heterocycles. The van der Waals surface area contributed by atoms with Gasteiger partial charge in [-0.3, -0.25) is 9.59 Å². The van der Waals surface area contributed by atoms with Gasteiger partial charge in [-0.2, -0.15) is 0 Å². The standard InChI is InChI=1S/C16H29NO5/c1-2-3-4-5-6-7-8-14(16(21)22)13-15(20)17(9-11-18)10-12-19/h7-8,14,18-19H,2-6,9-13H2,1H3,(H,21,22)/b8-7+. The van der Waals surface area contributed by atoms with Crippen molar-refractivity contribution in [1.29, 1.82) is 0 Å². The van der Waals surface area contributed by atoms with Crippen molar-refractivity contribution in [2.75, 3.05) is 26.3 Å². The van der Waals surface area contributed by atoms with Gasteiger partial charge >= 0.3 is 5.97 Å². The zero-order valence-corrected chi connectivity index (χ0v) is 13.4. The van der Waals surface area contributed by atoms with Crippen LogP contribution in [0.25, 0.3) is 0 Å². The number of carboxylic acid groups (broad SMARTS) is 1. The first-order chi connectivity index (χ1) is 10.6. The molecule has 0 aromatic carbocycles. The largest absolute Gasteiger partial charge is 0.481 e. The zero-order chi connectivity index (χ0) is 16.8. The molecule has 0 aromatic rings. The van der Waals surface area contributed by atoms with Crippen molar-refractivity contribution in [2.45, 2.75) is 45.4 Å². The lowest BCUT2D eigenvalue weighted by Gasteiger charge is -2.21. The Balaban J connectivity index is 4.40. The fraction of sp³-hybridized carbons (Fsp3) is 0.750. The SMILES string of the molecule is CCCCCC/C=C/C(CC(=O)N(CCO)CCO)C(=O)O. The second-order valence-corrected chi connectivity index (χ2v) is 5.25. The normalized spacial score (nSPS) is 12.5. The Hall–Kier alpha value is -1.40. The number of carbonyl (C=O) groups is 2. The van der Waals surface area contributed by atoms with Crippen LogP contribution in [0.1, 0.15) is 45.4 Å². The Morgan fingerprint density at radius 2 is 1.73 bits per heavy atom. The highest BCUT2D eigenvalue weighted by molar-refractivity contribution is 5.83. The number of aliphatic hydroxyl groups excluding tert-OH is 2. The summed E-state index contributed by atoms with van der Waals surface area (Å²) in [4.78, 5) is 24.5. The average molecular weight is 315 g/mol. The summed E-state index contributed by atoms with van der Waals surface area (Å²) in [7, 11) is 0. The summed E-state index contributed by atoms with van der Waals surface area (Å²) in [6.45, 7) is 1.92. The number of nitrogens with zero attached hydrogens (tertiary/aromatic N) is 1. The highest BCUT2D eigenvalue weighted by Crippen LogP contribution is 2.11. The predicted octanol–water partition coefficient (Wildman–Crippen LogP) is 1.42. The van der Waals surface area contributed by atoms with E-state index in [2.05, 4.69) is 6.92 Å². The molecule has 6 nitrogen and oxygen atoms in total. The van der Waals surface area contributed by atoms with Crippen LogP contribution in [0.5, 0.6) is 0 Å². The molecule has 6 heteroatoms. The van der Waals surface area contributed by atoms with Crippen molar-refractivity contribution in [3.63, 3.8) is 0 Å². The van der Waals surface area contributed by atoms with Crippen LogP contribution >= 0.6 is 0 Å². The first-order valence-corrected chi connectivity index (χ1v) is 7.95. The number of hydrogen-bond acceptors (Lipinski definition) is 4. The van der Waals surface area contributed by atoms with Gasteiger partial charge in [-0.15, -0.1) is 0 Å². The first-order valence-electron chi connectivity index (χ1n) is 7.95. The molecule has 0 bridgehead atoms. The number of carboxylic acids is 1. The maximum absolute atomic E-state index is 12.0. The molecule has 0 aliphatic carbocycles. The summed E-state index contributed by atoms with van der Waals surface area (Å²) >= 11 is 0. The fourth-order valence-electron chi connectivity index (χ4n) is 2.11. The molecule has 0 radical (unpaired) electrons. The van der Waals surface area contributed by atoms with E-state index < -0.39 is 11.9 Å². The van der Waals surface area contributed by atoms with Crippen LogP contribution in [0.3, 0.4) is 0 Å². The van der Waals surface area contributed by atoms with E-state index >= 15 is 0 Å². The third-order valence-corrected chi connectivity index (χ3v) is 3.40. The number of rotatable bonds is 13. The molecular formula is C16H29NO5. The van der Waals surface area contributed by atoms with E-state index in [-0.39, 0.29) is 38.6 Å². The number of amides is 1. The molecule has 1 atom stereocenters. The third kappa shape index (κ3) is 9.52. The van der Waals surface area contributed by atoms with Crippen LogP contribution < -0.4 is 0 Å². The Morgan fingerprint density at radius 3 is 2.23 bits per heavy atom. The van der Waals surface area contributed by atoms with Gasteiger partial charge in [-0.25, -0.2) is 0 Å². The maximum atomic E-state index is 12.0. The number of aliphatic hydroxyl groups is 2. The molecule has 128 valence electrons. The number of aliphatic carboxylic acids is 1. The number of hydrogen-bond donors (Lipinski definition) is 3. The highest BCUT2D eigenvalue weighted by atomic mass is 16.4. The molecule has 0 fully saturated rings. The minimum absolute atomic E-state index is 0.104. The smallest absolute Gasteiger partial charge is 0.310 e. The van der Waals surface area contributed by atoms with E-state index in [1.54, 1.807) is 6.08 Å². The average Bonchev–Trinajstić information content (AvgIpc) is 2.48. The second-order valence-electron chi connectivity index (χ2n) is 5.25. The van der Waals surface area contributed by atoms with Crippen molar-refractivity contribution in [1.82, 2.24) is 4.90 Å². The van der Waals surface area contributed by atoms with Crippen LogP contribution in [-0.4, -0.2) is 58.4 Å². The number of unbranched alkanes of at least 4 members (excludes halogenated alkanes) is 4. The lowest BCUT2D eigenvalue weighted by atomic mass is 10.0. The Kier molecular flexibility index (Phi) is 12.4. The Bertz CT molecular complexity index is 337. The van der Waals surface area contributed by atoms with Crippen molar-refractivity contribution in [3.05, 3.63) is 12.2 Å². The van der Waals surface area contributed by atoms with Crippen molar-refractivity contribution >= 4 is 11.9 Å². The molecule has 0 heterocycles. The summed E-state index contributed by atoms with van der Waals surface area (Å²) < 4.78 is 0. The van der Waals surface area contributed by atoms with Gasteiger partial charge in [0.1, 0.15) is 0 Å². The van der Waals surface area contributed by atoms with Gasteiger partial charge in [0.25, 0.3) is 0 Å². The van der Waals surface area contributed by atoms with Crippen LogP contribution in [0.2, 0.25) is 0 Å². The van der Waals surface area contributed by atoms with E-state index in [0.717, 1.165) is 25.7 Å². The minimum atomic E-state index is -1.04. The van der Waals surface area contributed by atoms with Gasteiger partial charge in [-0.1, -0.05) is 38.3 Å². The zero-order valence-electron chi connectivity index (χ0n) is 13.4. The lowest BCUT2D eigenvalue weighted by Crippen LogP contribution is -2.37. The van der Waals surface area contributed by atoms with Gasteiger partial charge in [0, 0.05) is 19.5 Å². The Labute approximate surface area is 132 Å². The van der Waals surface area contributed by atoms with Gasteiger partial charge in [0.2, 0.25) is 5.91 Å². The van der Waals surface area contributed by atoms with E-state index in [4.69, 9.17) is 10.2 Å². The molecule has 22 heavy (non-hydrogen) atoms. The summed E-state index contributed by atoms with van der Waals surface area (Å²) in [5.41, 5.74) is 0. The fourth-order valence-corrected chi connectivity index (χ4v) is 2.11. The topological polar surface area (TPSA) is 98.1 Å². The summed E-state index contributed by atoms with van der Waals surface area (Å²) in [5.74, 6) is -2.27. The van der Waals surface area contributed by atoms with E-state index in [9.17, 15) is 14.7 Å². The van der Waals surface area contributed by atoms with Gasteiger partial charge in [-0.05, 0) is 12.8 Å². The summed E-state index contributed by atoms with van der Waals surface area (Å²) in [6, 6.07) is 0. The summed E-state index contributed by atoms with van der Waals surface area (Å²) in [5, 5.41) is 27.0. The van der Waals surface area contributed by atoms with E-state index in [0.29, 0.717) is 0 Å². The van der Waals surface area contributed by atoms with Crippen LogP contribution in [0, 0.1) is 5.92 Å². The predicted molar refractivity (Wildman–Crippen MR) is 84.4 cm³/mol. The second kappa shape index (κ2) is 13.3. The lowest BCUT2D eigenvalue weighted by molar-refractivity contribution is -0.144. The molecule has 1 unspecified atom stereocenters. The van der Waals surface area contributed by atoms with E-state index in [1.807, 2.05) is 6.08 Å². The highest BCUT2D eigenvalue weighted by Gasteiger charge is 2.21. The maximum Gasteiger partial charge on any atom is 0.310 e. The number of allylic oxidation sites excluding steroid dienone is 1. The van der Waals surface area contributed by atoms with Crippen LogP contribution in [0.15, 0.2) is 12.2 Å². The summed E-state index contributed by atoms with van der Waals surface area (Å²) in [6.07, 6.45) is 8.53. The molecule has 0 aliphatic rings. The molecule has 0 rings (SSSR count). The van der Waals surface area contributed by atoms with Crippen molar-refractivity contribution < 1.29 is 24.9 Å². The van der Waals surface area contributed by atoms with E-state index in [1.165, 1.54) is 11.3 Å². The quantitative estimate of drug-likeness (QED) is 0.353.